The lowest BCUT2D eigenvalue weighted by atomic mass is 9.80. The van der Waals surface area contributed by atoms with Gasteiger partial charge in [-0.2, -0.15) is 0 Å². The van der Waals surface area contributed by atoms with E-state index in [0.717, 1.165) is 67.5 Å². The molecule has 2 N–H and O–H groups in total. The summed E-state index contributed by atoms with van der Waals surface area (Å²) in [6.45, 7) is 14.7. The monoisotopic (exact) mass is 838 g/mol. The molecule has 0 unspecified atom stereocenters. The predicted molar refractivity (Wildman–Crippen MR) is 232 cm³/mol. The quantitative estimate of drug-likeness (QED) is 0.154. The molecule has 8 rings (SSSR count). The number of hydrogen-bond donors (Lipinski definition) is 2. The number of nitrogens with one attached hydrogen (secondary N) is 2. The highest BCUT2D eigenvalue weighted by Crippen LogP contribution is 2.63. The molecule has 0 radical (unpaired) electrons. The summed E-state index contributed by atoms with van der Waals surface area (Å²) in [7, 11) is 3.74. The Balaban J connectivity index is 0.921. The van der Waals surface area contributed by atoms with Crippen molar-refractivity contribution >= 4 is 40.9 Å². The minimum Gasteiger partial charge on any atom is -0.444 e. The SMILES string of the molecule is CCOCC12CCC(CCN3CCc4c(nc(C(=O)Nc5cccc(-c6cccc(NC(=O)c7nc8c(n7C)CCN(C(=O)OC(C)(C)C)C8)c6C)c5Cl)n4C)C3)(CC1)C2. The lowest BCUT2D eigenvalue weighted by Gasteiger charge is -2.32. The number of fused-ring (bicyclic) bond motifs is 4. The molecule has 0 spiro atoms. The average Bonchev–Trinajstić information content (AvgIpc) is 3.96. The number of nitrogens with zero attached hydrogens (tertiary/aromatic N) is 6. The summed E-state index contributed by atoms with van der Waals surface area (Å²) in [5.41, 5.74) is 7.31. The van der Waals surface area contributed by atoms with Crippen LogP contribution in [0.3, 0.4) is 0 Å². The summed E-state index contributed by atoms with van der Waals surface area (Å²) >= 11 is 7.06. The number of hydrogen-bond acceptors (Lipinski definition) is 8. The number of aromatic nitrogens is 4. The molecule has 2 aromatic heterocycles. The Morgan fingerprint density at radius 3 is 2.05 bits per heavy atom. The van der Waals surface area contributed by atoms with Gasteiger partial charge in [-0.1, -0.05) is 35.9 Å². The van der Waals surface area contributed by atoms with E-state index in [2.05, 4.69) is 27.4 Å². The fourth-order valence-electron chi connectivity index (χ4n) is 10.2. The molecule has 0 atom stereocenters. The summed E-state index contributed by atoms with van der Waals surface area (Å²) < 4.78 is 15.2. The standard InChI is InChI=1S/C46H59ClN8O5/c1-8-59-28-46-19-17-45(27-46,18-20-46)21-24-54-22-15-36-34(25-54)48-40(52(36)6)42(57)51-33-14-10-12-31(38(33)47)30-11-9-13-32(29(30)2)50-41(56)39-49-35-26-55(23-16-37(35)53(39)7)43(58)60-44(3,4)5/h9-14H,8,15-28H2,1-7H3,(H,50,56)(H,51,57). The van der Waals surface area contributed by atoms with Gasteiger partial charge in [0, 0.05) is 75.8 Å². The summed E-state index contributed by atoms with van der Waals surface area (Å²) in [4.78, 5) is 54.0. The van der Waals surface area contributed by atoms with E-state index in [1.54, 1.807) is 15.5 Å². The van der Waals surface area contributed by atoms with Crippen molar-refractivity contribution in [2.45, 2.75) is 105 Å². The second kappa shape index (κ2) is 16.3. The van der Waals surface area contributed by atoms with Gasteiger partial charge in [0.05, 0.1) is 35.2 Å². The number of amides is 3. The number of imidazole rings is 2. The van der Waals surface area contributed by atoms with Gasteiger partial charge in [-0.3, -0.25) is 14.5 Å². The van der Waals surface area contributed by atoms with E-state index in [1.807, 2.05) is 76.7 Å². The molecule has 4 aliphatic rings. The van der Waals surface area contributed by atoms with Gasteiger partial charge in [0.2, 0.25) is 0 Å². The first-order valence-corrected chi connectivity index (χ1v) is 21.8. The Morgan fingerprint density at radius 1 is 0.817 bits per heavy atom. The summed E-state index contributed by atoms with van der Waals surface area (Å²) in [6.07, 6.45) is 8.73. The molecule has 320 valence electrons. The lowest BCUT2D eigenvalue weighted by molar-refractivity contribution is 0.0220. The fourth-order valence-corrected chi connectivity index (χ4v) is 10.4. The van der Waals surface area contributed by atoms with Gasteiger partial charge in [0.1, 0.15) is 5.60 Å². The molecule has 3 amide bonds. The predicted octanol–water partition coefficient (Wildman–Crippen LogP) is 8.32. The van der Waals surface area contributed by atoms with E-state index < -0.39 is 11.7 Å². The third-order valence-corrected chi connectivity index (χ3v) is 13.9. The van der Waals surface area contributed by atoms with Crippen LogP contribution in [0.25, 0.3) is 11.1 Å². The highest BCUT2D eigenvalue weighted by molar-refractivity contribution is 6.36. The molecule has 60 heavy (non-hydrogen) atoms. The molecule has 13 nitrogen and oxygen atoms in total. The molecule has 14 heteroatoms. The van der Waals surface area contributed by atoms with Crippen molar-refractivity contribution in [2.24, 2.45) is 24.9 Å². The molecule has 2 aromatic carbocycles. The van der Waals surface area contributed by atoms with Crippen LogP contribution in [-0.4, -0.2) is 85.3 Å². The number of anilines is 2. The number of benzene rings is 2. The normalized spacial score (nSPS) is 21.2. The largest absolute Gasteiger partial charge is 0.444 e. The average molecular weight is 839 g/mol. The molecule has 4 heterocycles. The number of carbonyl (C=O) groups is 3. The number of carbonyl (C=O) groups excluding carboxylic acids is 3. The highest BCUT2D eigenvalue weighted by Gasteiger charge is 2.53. The Labute approximate surface area is 358 Å². The van der Waals surface area contributed by atoms with Crippen LogP contribution < -0.4 is 10.6 Å². The molecule has 2 aliphatic heterocycles. The van der Waals surface area contributed by atoms with Gasteiger partial charge < -0.3 is 34.1 Å². The van der Waals surface area contributed by atoms with Crippen LogP contribution in [0.5, 0.6) is 0 Å². The van der Waals surface area contributed by atoms with Gasteiger partial charge in [0.15, 0.2) is 11.6 Å². The number of ether oxygens (including phenoxy) is 2. The van der Waals surface area contributed by atoms with Crippen LogP contribution in [-0.2, 0) is 49.5 Å². The second-order valence-electron chi connectivity index (χ2n) is 18.6. The lowest BCUT2D eigenvalue weighted by Crippen LogP contribution is -2.40. The van der Waals surface area contributed by atoms with Crippen LogP contribution >= 0.6 is 11.6 Å². The first-order chi connectivity index (χ1) is 28.6. The van der Waals surface area contributed by atoms with Crippen molar-refractivity contribution < 1.29 is 23.9 Å². The zero-order valence-corrected chi connectivity index (χ0v) is 36.9. The Hall–Kier alpha value is -4.72. The minimum atomic E-state index is -0.607. The first-order valence-electron chi connectivity index (χ1n) is 21.5. The van der Waals surface area contributed by atoms with Crippen molar-refractivity contribution in [3.8, 4) is 11.1 Å². The molecular weight excluding hydrogens is 780 g/mol. The first kappa shape index (κ1) is 42.0. The molecule has 4 aromatic rings. The number of halogens is 1. The third-order valence-electron chi connectivity index (χ3n) is 13.5. The Bertz CT molecular complexity index is 2320. The van der Waals surface area contributed by atoms with Crippen LogP contribution in [0.1, 0.15) is 116 Å². The Kier molecular flexibility index (Phi) is 11.4. The second-order valence-corrected chi connectivity index (χ2v) is 18.9. The van der Waals surface area contributed by atoms with Gasteiger partial charge in [-0.25, -0.2) is 14.8 Å². The maximum atomic E-state index is 13.9. The van der Waals surface area contributed by atoms with Crippen molar-refractivity contribution in [3.63, 3.8) is 0 Å². The van der Waals surface area contributed by atoms with Gasteiger partial charge in [-0.15, -0.1) is 0 Å². The van der Waals surface area contributed by atoms with E-state index in [-0.39, 0.29) is 24.2 Å². The molecular formula is C46H59ClN8O5. The van der Waals surface area contributed by atoms with Crippen LogP contribution in [0.2, 0.25) is 5.02 Å². The van der Waals surface area contributed by atoms with E-state index in [1.165, 1.54) is 38.5 Å². The molecule has 2 aliphatic carbocycles. The van der Waals surface area contributed by atoms with E-state index in [9.17, 15) is 14.4 Å². The van der Waals surface area contributed by atoms with Crippen molar-refractivity contribution in [2.75, 3.05) is 43.5 Å². The third kappa shape index (κ3) is 8.20. The van der Waals surface area contributed by atoms with Crippen LogP contribution in [0.15, 0.2) is 36.4 Å². The maximum Gasteiger partial charge on any atom is 0.410 e. The molecule has 0 saturated heterocycles. The van der Waals surface area contributed by atoms with Gasteiger partial charge >= 0.3 is 6.09 Å². The highest BCUT2D eigenvalue weighted by atomic mass is 35.5. The molecule has 2 bridgehead atoms. The van der Waals surface area contributed by atoms with Gasteiger partial charge in [-0.05, 0) is 114 Å². The van der Waals surface area contributed by atoms with Crippen molar-refractivity contribution in [3.05, 3.63) is 81.4 Å². The van der Waals surface area contributed by atoms with Crippen LogP contribution in [0, 0.1) is 17.8 Å². The van der Waals surface area contributed by atoms with Crippen LogP contribution in [0.4, 0.5) is 16.2 Å². The minimum absolute atomic E-state index is 0.254. The van der Waals surface area contributed by atoms with E-state index >= 15 is 0 Å². The topological polar surface area (TPSA) is 136 Å². The van der Waals surface area contributed by atoms with E-state index in [4.69, 9.17) is 26.1 Å². The van der Waals surface area contributed by atoms with Gasteiger partial charge in [0.25, 0.3) is 11.8 Å². The zero-order chi connectivity index (χ0) is 42.6. The summed E-state index contributed by atoms with van der Waals surface area (Å²) in [5, 5.41) is 6.48. The maximum absolute atomic E-state index is 13.9. The smallest absolute Gasteiger partial charge is 0.410 e. The molecule has 2 saturated carbocycles. The van der Waals surface area contributed by atoms with E-state index in [0.29, 0.717) is 57.3 Å². The fraction of sp³-hybridized carbons (Fsp3) is 0.543. The summed E-state index contributed by atoms with van der Waals surface area (Å²) in [6, 6.07) is 11.2. The molecule has 2 fully saturated rings. The zero-order valence-electron chi connectivity index (χ0n) is 36.2. The number of rotatable bonds is 11. The summed E-state index contributed by atoms with van der Waals surface area (Å²) in [5.74, 6) is -0.0626. The Morgan fingerprint density at radius 2 is 1.40 bits per heavy atom. The van der Waals surface area contributed by atoms with Crippen molar-refractivity contribution in [1.82, 2.24) is 28.9 Å². The van der Waals surface area contributed by atoms with Crippen molar-refractivity contribution in [1.29, 1.82) is 0 Å².